The Morgan fingerprint density at radius 2 is 1.10 bits per heavy atom. The van der Waals surface area contributed by atoms with Crippen LogP contribution in [0.2, 0.25) is 0 Å². The number of hydrogen-bond donors (Lipinski definition) is 0. The number of benzene rings is 6. The Kier molecular flexibility index (Phi) is 6.69. The molecule has 6 aromatic rings. The smallest absolute Gasteiger partial charge is 0.00175 e. The van der Waals surface area contributed by atoms with Gasteiger partial charge in [0, 0.05) is 0 Å². The van der Waals surface area contributed by atoms with Gasteiger partial charge in [0.1, 0.15) is 0 Å². The Balaban J connectivity index is 1.72. The first-order valence-electron chi connectivity index (χ1n) is 13.7. The van der Waals surface area contributed by atoms with Crippen molar-refractivity contribution in [1.82, 2.24) is 0 Å². The average Bonchev–Trinajstić information content (AvgIpc) is 2.99. The van der Waals surface area contributed by atoms with E-state index in [1.807, 2.05) is 0 Å². The topological polar surface area (TPSA) is 0 Å². The number of hydrogen-bond acceptors (Lipinski definition) is 0. The first kappa shape index (κ1) is 24.6. The largest absolute Gasteiger partial charge is 0.0877 e. The zero-order valence-corrected chi connectivity index (χ0v) is 22.8. The quantitative estimate of drug-likeness (QED) is 0.163. The fourth-order valence-corrected chi connectivity index (χ4v) is 5.81. The summed E-state index contributed by atoms with van der Waals surface area (Å²) in [5.41, 5.74) is 11.4. The van der Waals surface area contributed by atoms with Gasteiger partial charge in [-0.1, -0.05) is 139 Å². The molecule has 6 rings (SSSR count). The van der Waals surface area contributed by atoms with Crippen LogP contribution in [-0.4, -0.2) is 0 Å². The van der Waals surface area contributed by atoms with Crippen molar-refractivity contribution in [3.8, 4) is 33.4 Å². The minimum atomic E-state index is 1.24. The monoisotopic (exact) mass is 500 g/mol. The first-order valence-corrected chi connectivity index (χ1v) is 13.7. The lowest BCUT2D eigenvalue weighted by molar-refractivity contribution is 1.47. The van der Waals surface area contributed by atoms with Crippen LogP contribution in [0.15, 0.2) is 133 Å². The molecule has 6 aromatic carbocycles. The fourth-order valence-electron chi connectivity index (χ4n) is 5.81. The van der Waals surface area contributed by atoms with Gasteiger partial charge in [-0.15, -0.1) is 0 Å². The lowest BCUT2D eigenvalue weighted by Crippen LogP contribution is -1.94. The third-order valence-electron chi connectivity index (χ3n) is 7.65. The van der Waals surface area contributed by atoms with Crippen molar-refractivity contribution < 1.29 is 0 Å². The molecular weight excluding hydrogens is 468 g/mol. The second kappa shape index (κ2) is 10.6. The fraction of sp³-hybridized carbons (Fsp3) is 0.0769. The molecule has 0 aliphatic heterocycles. The zero-order chi connectivity index (χ0) is 26.8. The molecule has 0 N–H and O–H groups in total. The number of rotatable bonds is 5. The van der Waals surface area contributed by atoms with Gasteiger partial charge in [-0.2, -0.15) is 0 Å². The second-order valence-electron chi connectivity index (χ2n) is 10.2. The van der Waals surface area contributed by atoms with Crippen LogP contribution in [0.5, 0.6) is 0 Å². The molecule has 39 heavy (non-hydrogen) atoms. The molecular formula is C39H32. The average molecular weight is 501 g/mol. The van der Waals surface area contributed by atoms with Gasteiger partial charge in [-0.25, -0.2) is 0 Å². The highest BCUT2D eigenvalue weighted by atomic mass is 14.2. The van der Waals surface area contributed by atoms with Crippen molar-refractivity contribution in [3.63, 3.8) is 0 Å². The highest BCUT2D eigenvalue weighted by molar-refractivity contribution is 6.21. The molecule has 0 radical (unpaired) electrons. The minimum Gasteiger partial charge on any atom is -0.0877 e. The van der Waals surface area contributed by atoms with Crippen molar-refractivity contribution in [3.05, 3.63) is 150 Å². The van der Waals surface area contributed by atoms with E-state index in [-0.39, 0.29) is 0 Å². The summed E-state index contributed by atoms with van der Waals surface area (Å²) < 4.78 is 0. The SMILES string of the molecule is C/C=C\C=C/c1c(C)c2c(-c3cccc(-c4cccc(C)c4)c3)ccc(-c3ccccc3)c2c2ccccc12. The van der Waals surface area contributed by atoms with Crippen LogP contribution in [0.25, 0.3) is 61.0 Å². The minimum absolute atomic E-state index is 1.24. The maximum atomic E-state index is 2.34. The number of aryl methyl sites for hydroxylation is 2. The summed E-state index contributed by atoms with van der Waals surface area (Å²) in [5.74, 6) is 0. The molecule has 0 spiro atoms. The highest BCUT2D eigenvalue weighted by Gasteiger charge is 2.18. The van der Waals surface area contributed by atoms with E-state index in [4.69, 9.17) is 0 Å². The van der Waals surface area contributed by atoms with Crippen molar-refractivity contribution in [1.29, 1.82) is 0 Å². The molecule has 0 fully saturated rings. The van der Waals surface area contributed by atoms with Gasteiger partial charge in [-0.3, -0.25) is 0 Å². The molecule has 0 heteroatoms. The van der Waals surface area contributed by atoms with E-state index in [1.165, 1.54) is 71.6 Å². The molecule has 0 amide bonds. The molecule has 0 aromatic heterocycles. The number of allylic oxidation sites excluding steroid dienone is 3. The Morgan fingerprint density at radius 1 is 0.487 bits per heavy atom. The van der Waals surface area contributed by atoms with Crippen LogP contribution in [0, 0.1) is 13.8 Å². The maximum Gasteiger partial charge on any atom is -0.00175 e. The maximum absolute atomic E-state index is 2.34. The lowest BCUT2D eigenvalue weighted by atomic mass is 9.84. The summed E-state index contributed by atoms with van der Waals surface area (Å²) in [6.07, 6.45) is 8.59. The predicted molar refractivity (Wildman–Crippen MR) is 171 cm³/mol. The molecule has 0 unspecified atom stereocenters. The van der Waals surface area contributed by atoms with E-state index in [0.29, 0.717) is 0 Å². The standard InChI is InChI=1S/C39H32/c1-4-5-7-20-33-28(3)38-35(32-19-13-18-31(26-32)30-17-12-14-27(2)25-30)24-23-34(29-15-8-6-9-16-29)39(38)37-22-11-10-21-36(33)37/h4-26H,1-3H3/b5-4-,20-7-. The van der Waals surface area contributed by atoms with Gasteiger partial charge >= 0.3 is 0 Å². The third kappa shape index (κ3) is 4.60. The highest BCUT2D eigenvalue weighted by Crippen LogP contribution is 2.44. The molecule has 0 heterocycles. The second-order valence-corrected chi connectivity index (χ2v) is 10.2. The Labute approximate surface area is 231 Å². The molecule has 0 aliphatic carbocycles. The van der Waals surface area contributed by atoms with Crippen molar-refractivity contribution in [2.24, 2.45) is 0 Å². The van der Waals surface area contributed by atoms with Crippen LogP contribution in [-0.2, 0) is 0 Å². The van der Waals surface area contributed by atoms with Gasteiger partial charge in [0.2, 0.25) is 0 Å². The van der Waals surface area contributed by atoms with Gasteiger partial charge in [-0.05, 0) is 92.9 Å². The third-order valence-corrected chi connectivity index (χ3v) is 7.65. The number of fused-ring (bicyclic) bond motifs is 3. The molecule has 0 saturated carbocycles. The van der Waals surface area contributed by atoms with Crippen LogP contribution in [0.4, 0.5) is 0 Å². The zero-order valence-electron chi connectivity index (χ0n) is 22.8. The van der Waals surface area contributed by atoms with E-state index in [9.17, 15) is 0 Å². The van der Waals surface area contributed by atoms with Gasteiger partial charge in [0.05, 0.1) is 0 Å². The lowest BCUT2D eigenvalue weighted by Gasteiger charge is -2.20. The predicted octanol–water partition coefficient (Wildman–Crippen LogP) is 11.2. The summed E-state index contributed by atoms with van der Waals surface area (Å²) in [4.78, 5) is 0. The summed E-state index contributed by atoms with van der Waals surface area (Å²) >= 11 is 0. The van der Waals surface area contributed by atoms with Crippen LogP contribution in [0.1, 0.15) is 23.6 Å². The van der Waals surface area contributed by atoms with Crippen molar-refractivity contribution in [2.75, 3.05) is 0 Å². The summed E-state index contributed by atoms with van der Waals surface area (Å²) in [6, 6.07) is 42.0. The van der Waals surface area contributed by atoms with E-state index in [2.05, 4.69) is 160 Å². The molecule has 188 valence electrons. The molecule has 0 atom stereocenters. The summed E-state index contributed by atoms with van der Waals surface area (Å²) in [6.45, 7) is 6.49. The summed E-state index contributed by atoms with van der Waals surface area (Å²) in [7, 11) is 0. The summed E-state index contributed by atoms with van der Waals surface area (Å²) in [5, 5.41) is 5.20. The molecule has 0 saturated heterocycles. The first-order chi connectivity index (χ1) is 19.2. The Morgan fingerprint density at radius 3 is 1.85 bits per heavy atom. The van der Waals surface area contributed by atoms with Gasteiger partial charge in [0.15, 0.2) is 0 Å². The van der Waals surface area contributed by atoms with E-state index in [0.717, 1.165) is 0 Å². The molecule has 0 nitrogen and oxygen atoms in total. The molecule has 0 bridgehead atoms. The Bertz CT molecular complexity index is 1870. The van der Waals surface area contributed by atoms with Crippen LogP contribution < -0.4 is 0 Å². The van der Waals surface area contributed by atoms with Gasteiger partial charge in [0.25, 0.3) is 0 Å². The van der Waals surface area contributed by atoms with Crippen LogP contribution >= 0.6 is 0 Å². The van der Waals surface area contributed by atoms with E-state index in [1.54, 1.807) is 0 Å². The normalized spacial score (nSPS) is 11.8. The molecule has 0 aliphatic rings. The Hall–Kier alpha value is -4.68. The van der Waals surface area contributed by atoms with Crippen LogP contribution in [0.3, 0.4) is 0 Å². The van der Waals surface area contributed by atoms with E-state index < -0.39 is 0 Å². The van der Waals surface area contributed by atoms with Crippen molar-refractivity contribution in [2.45, 2.75) is 20.8 Å². The van der Waals surface area contributed by atoms with Gasteiger partial charge < -0.3 is 0 Å². The van der Waals surface area contributed by atoms with E-state index >= 15 is 0 Å². The van der Waals surface area contributed by atoms with Crippen molar-refractivity contribution >= 4 is 27.6 Å².